The fraction of sp³-hybridized carbons (Fsp3) is 0.765. The lowest BCUT2D eigenvalue weighted by Gasteiger charge is -2.19. The van der Waals surface area contributed by atoms with Crippen molar-refractivity contribution >= 4 is 0 Å². The molecule has 17 heavy (non-hydrogen) atoms. The summed E-state index contributed by atoms with van der Waals surface area (Å²) < 4.78 is 0. The smallest absolute Gasteiger partial charge is 0.0126 e. The van der Waals surface area contributed by atoms with Crippen molar-refractivity contribution in [2.45, 2.75) is 60.8 Å². The molecule has 2 rings (SSSR count). The molecule has 3 unspecified atom stereocenters. The Hall–Kier alpha value is -0.520. The largest absolute Gasteiger partial charge is 0.0696 e. The van der Waals surface area contributed by atoms with Crippen molar-refractivity contribution in [3.05, 3.63) is 23.3 Å². The van der Waals surface area contributed by atoms with Crippen molar-refractivity contribution in [1.82, 2.24) is 0 Å². The van der Waals surface area contributed by atoms with E-state index in [0.29, 0.717) is 0 Å². The molecule has 98 valence electrons. The molecule has 0 saturated heterocycles. The van der Waals surface area contributed by atoms with E-state index < -0.39 is 0 Å². The van der Waals surface area contributed by atoms with E-state index in [1.54, 1.807) is 11.1 Å². The predicted octanol–water partition coefficient (Wildman–Crippen LogP) is 5.61. The zero-order valence-corrected chi connectivity index (χ0v) is 12.6. The second-order valence-corrected chi connectivity index (χ2v) is 5.90. The van der Waals surface area contributed by atoms with Crippen LogP contribution in [0.1, 0.15) is 60.8 Å². The fourth-order valence-corrected chi connectivity index (χ4v) is 2.82. The van der Waals surface area contributed by atoms with Gasteiger partial charge in [-0.05, 0) is 43.4 Å². The molecule has 1 fully saturated rings. The van der Waals surface area contributed by atoms with Gasteiger partial charge in [-0.3, -0.25) is 0 Å². The van der Waals surface area contributed by atoms with Gasteiger partial charge in [0.25, 0.3) is 0 Å². The van der Waals surface area contributed by atoms with Crippen LogP contribution in [0.5, 0.6) is 0 Å². The SMILES string of the molecule is CC.CC1=CC=C(C(C)CCC(C)C)C2CC12. The molecule has 0 spiro atoms. The van der Waals surface area contributed by atoms with E-state index in [-0.39, 0.29) is 0 Å². The van der Waals surface area contributed by atoms with Crippen LogP contribution in [0.15, 0.2) is 23.3 Å². The van der Waals surface area contributed by atoms with E-state index in [4.69, 9.17) is 0 Å². The minimum atomic E-state index is 0.812. The normalized spacial score (nSPS) is 27.5. The van der Waals surface area contributed by atoms with Gasteiger partial charge in [0.1, 0.15) is 0 Å². The molecule has 2 aliphatic rings. The van der Waals surface area contributed by atoms with Gasteiger partial charge in [0, 0.05) is 0 Å². The zero-order valence-electron chi connectivity index (χ0n) is 12.6. The molecular weight excluding hydrogens is 204 g/mol. The average molecular weight is 234 g/mol. The molecule has 0 N–H and O–H groups in total. The van der Waals surface area contributed by atoms with Gasteiger partial charge < -0.3 is 0 Å². The van der Waals surface area contributed by atoms with Crippen molar-refractivity contribution in [3.8, 4) is 0 Å². The summed E-state index contributed by atoms with van der Waals surface area (Å²) in [5.41, 5.74) is 3.35. The van der Waals surface area contributed by atoms with Crippen LogP contribution >= 0.6 is 0 Å². The first kappa shape index (κ1) is 14.5. The van der Waals surface area contributed by atoms with Crippen LogP contribution in [0.2, 0.25) is 0 Å². The minimum absolute atomic E-state index is 0.812. The second kappa shape index (κ2) is 6.42. The van der Waals surface area contributed by atoms with Crippen molar-refractivity contribution in [2.24, 2.45) is 23.7 Å². The van der Waals surface area contributed by atoms with Crippen LogP contribution in [0.25, 0.3) is 0 Å². The van der Waals surface area contributed by atoms with Crippen molar-refractivity contribution in [1.29, 1.82) is 0 Å². The first-order valence-electron chi connectivity index (χ1n) is 7.48. The Balaban J connectivity index is 0.000000686. The quantitative estimate of drug-likeness (QED) is 0.593. The summed E-state index contributed by atoms with van der Waals surface area (Å²) in [5, 5.41) is 0. The Kier molecular flexibility index (Phi) is 5.49. The van der Waals surface area contributed by atoms with Crippen LogP contribution in [0, 0.1) is 23.7 Å². The highest BCUT2D eigenvalue weighted by Gasteiger charge is 2.43. The number of rotatable bonds is 4. The third-order valence-corrected chi connectivity index (χ3v) is 4.09. The van der Waals surface area contributed by atoms with Crippen LogP contribution in [0.3, 0.4) is 0 Å². The maximum Gasteiger partial charge on any atom is -0.0126 e. The maximum atomic E-state index is 2.41. The summed E-state index contributed by atoms with van der Waals surface area (Å²) in [7, 11) is 0. The molecule has 0 aromatic heterocycles. The topological polar surface area (TPSA) is 0 Å². The van der Waals surface area contributed by atoms with E-state index in [2.05, 4.69) is 39.8 Å². The number of hydrogen-bond donors (Lipinski definition) is 0. The molecule has 2 aliphatic carbocycles. The maximum absolute atomic E-state index is 2.41. The number of fused-ring (bicyclic) bond motifs is 1. The van der Waals surface area contributed by atoms with Gasteiger partial charge >= 0.3 is 0 Å². The molecule has 0 heteroatoms. The Labute approximate surface area is 108 Å². The Morgan fingerprint density at radius 1 is 1.06 bits per heavy atom. The minimum Gasteiger partial charge on any atom is -0.0696 e. The zero-order chi connectivity index (χ0) is 13.0. The number of hydrogen-bond acceptors (Lipinski definition) is 0. The van der Waals surface area contributed by atoms with Crippen molar-refractivity contribution < 1.29 is 0 Å². The van der Waals surface area contributed by atoms with Crippen molar-refractivity contribution in [2.75, 3.05) is 0 Å². The van der Waals surface area contributed by atoms with Crippen LogP contribution < -0.4 is 0 Å². The highest BCUT2D eigenvalue weighted by atomic mass is 14.5. The Bertz CT molecular complexity index is 293. The average Bonchev–Trinajstić information content (AvgIpc) is 3.10. The van der Waals surface area contributed by atoms with Crippen LogP contribution in [-0.4, -0.2) is 0 Å². The fourth-order valence-electron chi connectivity index (χ4n) is 2.82. The van der Waals surface area contributed by atoms with Gasteiger partial charge in [0.15, 0.2) is 0 Å². The van der Waals surface area contributed by atoms with Gasteiger partial charge in [0.2, 0.25) is 0 Å². The summed E-state index contributed by atoms with van der Waals surface area (Å²) in [6.45, 7) is 13.4. The lowest BCUT2D eigenvalue weighted by atomic mass is 9.86. The molecule has 1 saturated carbocycles. The van der Waals surface area contributed by atoms with Gasteiger partial charge in [-0.1, -0.05) is 64.3 Å². The molecule has 0 bridgehead atoms. The second-order valence-electron chi connectivity index (χ2n) is 5.90. The Morgan fingerprint density at radius 2 is 1.71 bits per heavy atom. The summed E-state index contributed by atoms with van der Waals surface area (Å²) in [6, 6.07) is 0. The van der Waals surface area contributed by atoms with Crippen molar-refractivity contribution in [3.63, 3.8) is 0 Å². The summed E-state index contributed by atoms with van der Waals surface area (Å²) in [5.74, 6) is 3.51. The molecule has 0 heterocycles. The third-order valence-electron chi connectivity index (χ3n) is 4.09. The van der Waals surface area contributed by atoms with Gasteiger partial charge in [-0.2, -0.15) is 0 Å². The van der Waals surface area contributed by atoms with E-state index in [0.717, 1.165) is 23.7 Å². The Morgan fingerprint density at radius 3 is 2.29 bits per heavy atom. The first-order chi connectivity index (χ1) is 8.09. The van der Waals surface area contributed by atoms with Gasteiger partial charge in [-0.15, -0.1) is 0 Å². The van der Waals surface area contributed by atoms with Gasteiger partial charge in [-0.25, -0.2) is 0 Å². The number of allylic oxidation sites excluding steroid dienone is 4. The van der Waals surface area contributed by atoms with Crippen LogP contribution in [-0.2, 0) is 0 Å². The van der Waals surface area contributed by atoms with E-state index in [1.165, 1.54) is 19.3 Å². The molecule has 0 aliphatic heterocycles. The lowest BCUT2D eigenvalue weighted by Crippen LogP contribution is -2.07. The molecule has 0 aromatic carbocycles. The van der Waals surface area contributed by atoms with E-state index in [9.17, 15) is 0 Å². The standard InChI is InChI=1S/C15H24.C2H6/c1-10(2)5-6-11(3)13-8-7-12(4)14-9-15(13)14;1-2/h7-8,10-11,14-15H,5-6,9H2,1-4H3;1-2H3. The molecule has 0 amide bonds. The molecule has 3 atom stereocenters. The molecule has 0 radical (unpaired) electrons. The summed E-state index contributed by atoms with van der Waals surface area (Å²) >= 11 is 0. The highest BCUT2D eigenvalue weighted by molar-refractivity contribution is 5.35. The third kappa shape index (κ3) is 3.72. The lowest BCUT2D eigenvalue weighted by molar-refractivity contribution is 0.475. The highest BCUT2D eigenvalue weighted by Crippen LogP contribution is 2.53. The predicted molar refractivity (Wildman–Crippen MR) is 78.0 cm³/mol. The monoisotopic (exact) mass is 234 g/mol. The molecule has 0 aromatic rings. The molecular formula is C17H30. The van der Waals surface area contributed by atoms with E-state index in [1.807, 2.05) is 13.8 Å². The van der Waals surface area contributed by atoms with E-state index >= 15 is 0 Å². The van der Waals surface area contributed by atoms with Gasteiger partial charge in [0.05, 0.1) is 0 Å². The summed E-state index contributed by atoms with van der Waals surface area (Å²) in [4.78, 5) is 0. The molecule has 0 nitrogen and oxygen atoms in total. The first-order valence-corrected chi connectivity index (χ1v) is 7.48. The summed E-state index contributed by atoms with van der Waals surface area (Å²) in [6.07, 6.45) is 8.95. The van der Waals surface area contributed by atoms with Crippen LogP contribution in [0.4, 0.5) is 0 Å².